The molecule has 1 N–H and O–H groups in total. The van der Waals surface area contributed by atoms with Gasteiger partial charge < -0.3 is 14.6 Å². The fraction of sp³-hybridized carbons (Fsp3) is 0.269. The third kappa shape index (κ3) is 5.49. The van der Waals surface area contributed by atoms with Gasteiger partial charge in [-0.15, -0.1) is 0 Å². The molecule has 0 radical (unpaired) electrons. The van der Waals surface area contributed by atoms with Crippen molar-refractivity contribution in [1.82, 2.24) is 19.5 Å². The topological polar surface area (TPSA) is 77.6 Å². The maximum atomic E-state index is 13.0. The summed E-state index contributed by atoms with van der Waals surface area (Å²) in [6, 6.07) is 19.2. The predicted octanol–water partition coefficient (Wildman–Crippen LogP) is 4.05. The number of fused-ring (bicyclic) bond motifs is 1. The number of unbranched alkanes of at least 4 members (excludes halogenated alkanes) is 1. The molecule has 0 bridgehead atoms. The predicted molar refractivity (Wildman–Crippen MR) is 128 cm³/mol. The molecule has 0 aliphatic rings. The van der Waals surface area contributed by atoms with Crippen molar-refractivity contribution in [3.63, 3.8) is 0 Å². The van der Waals surface area contributed by atoms with Crippen molar-refractivity contribution in [3.05, 3.63) is 89.0 Å². The van der Waals surface area contributed by atoms with Crippen molar-refractivity contribution in [2.45, 2.75) is 39.3 Å². The average Bonchev–Trinajstić information content (AvgIpc) is 3.28. The molecule has 0 atom stereocenters. The molecule has 2 aromatic heterocycles. The largest absolute Gasteiger partial charge is 0.493 e. The number of rotatable bonds is 10. The minimum absolute atomic E-state index is 0.0991. The lowest BCUT2D eigenvalue weighted by Crippen LogP contribution is -2.27. The Labute approximate surface area is 192 Å². The smallest absolute Gasteiger partial charge is 0.276 e. The van der Waals surface area contributed by atoms with Crippen LogP contribution in [0.3, 0.4) is 0 Å². The first-order valence-electron chi connectivity index (χ1n) is 11.3. The van der Waals surface area contributed by atoms with Crippen LogP contribution in [0.1, 0.15) is 31.7 Å². The summed E-state index contributed by atoms with van der Waals surface area (Å²) in [6.45, 7) is 3.53. The van der Waals surface area contributed by atoms with Gasteiger partial charge in [-0.2, -0.15) is 5.10 Å². The summed E-state index contributed by atoms with van der Waals surface area (Å²) in [6.07, 6.45) is 5.66. The van der Waals surface area contributed by atoms with Crippen molar-refractivity contribution in [3.8, 4) is 17.0 Å². The Morgan fingerprint density at radius 1 is 1.06 bits per heavy atom. The molecular weight excluding hydrogens is 416 g/mol. The molecule has 2 aromatic carbocycles. The van der Waals surface area contributed by atoms with Crippen molar-refractivity contribution in [2.75, 3.05) is 6.61 Å². The Kier molecular flexibility index (Phi) is 7.19. The summed E-state index contributed by atoms with van der Waals surface area (Å²) in [5, 5.41) is 7.47. The number of aryl methyl sites for hydroxylation is 1. The van der Waals surface area contributed by atoms with Crippen molar-refractivity contribution in [1.29, 1.82) is 0 Å². The summed E-state index contributed by atoms with van der Waals surface area (Å²) in [4.78, 5) is 25.2. The Morgan fingerprint density at radius 2 is 1.85 bits per heavy atom. The van der Waals surface area contributed by atoms with Gasteiger partial charge in [0.05, 0.1) is 12.3 Å². The maximum Gasteiger partial charge on any atom is 0.276 e. The van der Waals surface area contributed by atoms with Crippen LogP contribution in [0.4, 0.5) is 0 Å². The average molecular weight is 445 g/mol. The Morgan fingerprint density at radius 3 is 2.67 bits per heavy atom. The van der Waals surface area contributed by atoms with Crippen LogP contribution in [0.2, 0.25) is 0 Å². The Hall–Kier alpha value is -3.87. The van der Waals surface area contributed by atoms with Crippen LogP contribution in [0.15, 0.2) is 77.9 Å². The van der Waals surface area contributed by atoms with Gasteiger partial charge in [0, 0.05) is 37.5 Å². The SMILES string of the molecule is CCCCOc1ccccc1-c1cc2c(=O)n(CCC(=O)NCc3ccccc3)ccn2n1. The lowest BCUT2D eigenvalue weighted by molar-refractivity contribution is -0.121. The van der Waals surface area contributed by atoms with Gasteiger partial charge in [0.15, 0.2) is 0 Å². The molecule has 1 amide bonds. The van der Waals surface area contributed by atoms with E-state index in [2.05, 4.69) is 17.3 Å². The normalized spacial score (nSPS) is 10.9. The molecule has 7 heteroatoms. The van der Waals surface area contributed by atoms with Gasteiger partial charge in [-0.1, -0.05) is 55.8 Å². The lowest BCUT2D eigenvalue weighted by Gasteiger charge is -2.09. The molecule has 4 rings (SSSR count). The van der Waals surface area contributed by atoms with Crippen molar-refractivity contribution >= 4 is 11.4 Å². The Balaban J connectivity index is 1.46. The van der Waals surface area contributed by atoms with Crippen LogP contribution in [-0.4, -0.2) is 26.7 Å². The monoisotopic (exact) mass is 444 g/mol. The van der Waals surface area contributed by atoms with Gasteiger partial charge in [-0.3, -0.25) is 9.59 Å². The highest BCUT2D eigenvalue weighted by Crippen LogP contribution is 2.29. The first-order valence-corrected chi connectivity index (χ1v) is 11.3. The highest BCUT2D eigenvalue weighted by atomic mass is 16.5. The maximum absolute atomic E-state index is 13.0. The molecule has 7 nitrogen and oxygen atoms in total. The molecule has 0 unspecified atom stereocenters. The zero-order valence-corrected chi connectivity index (χ0v) is 18.7. The molecule has 4 aromatic rings. The van der Waals surface area contributed by atoms with Crippen molar-refractivity contribution < 1.29 is 9.53 Å². The zero-order valence-electron chi connectivity index (χ0n) is 18.7. The van der Waals surface area contributed by atoms with E-state index in [1.807, 2.05) is 54.6 Å². The molecule has 2 heterocycles. The van der Waals surface area contributed by atoms with Gasteiger partial charge in [0.1, 0.15) is 11.3 Å². The van der Waals surface area contributed by atoms with Crippen LogP contribution in [0.25, 0.3) is 16.8 Å². The van der Waals surface area contributed by atoms with Crippen LogP contribution in [0, 0.1) is 0 Å². The van der Waals surface area contributed by atoms with Crippen LogP contribution < -0.4 is 15.6 Å². The number of hydrogen-bond acceptors (Lipinski definition) is 4. The minimum atomic E-state index is -0.184. The first-order chi connectivity index (χ1) is 16.2. The van der Waals surface area contributed by atoms with E-state index in [9.17, 15) is 9.59 Å². The zero-order chi connectivity index (χ0) is 23.0. The van der Waals surface area contributed by atoms with Crippen LogP contribution >= 0.6 is 0 Å². The summed E-state index contributed by atoms with van der Waals surface area (Å²) in [5.41, 5.74) is 2.84. The van der Waals surface area contributed by atoms with E-state index in [-0.39, 0.29) is 17.9 Å². The Bertz CT molecular complexity index is 1280. The summed E-state index contributed by atoms with van der Waals surface area (Å²) >= 11 is 0. The molecule has 0 saturated heterocycles. The summed E-state index contributed by atoms with van der Waals surface area (Å²) in [5.74, 6) is 0.655. The van der Waals surface area contributed by atoms with Crippen LogP contribution in [0.5, 0.6) is 5.75 Å². The summed E-state index contributed by atoms with van der Waals surface area (Å²) in [7, 11) is 0. The number of aromatic nitrogens is 3. The third-order valence-electron chi connectivity index (χ3n) is 5.43. The van der Waals surface area contributed by atoms with Gasteiger partial charge >= 0.3 is 0 Å². The van der Waals surface area contributed by atoms with Crippen LogP contribution in [-0.2, 0) is 17.9 Å². The highest BCUT2D eigenvalue weighted by molar-refractivity contribution is 5.75. The minimum Gasteiger partial charge on any atom is -0.493 e. The number of amides is 1. The molecule has 170 valence electrons. The summed E-state index contributed by atoms with van der Waals surface area (Å²) < 4.78 is 9.05. The number of benzene rings is 2. The van der Waals surface area contributed by atoms with Crippen molar-refractivity contribution in [2.24, 2.45) is 0 Å². The standard InChI is InChI=1S/C26H28N4O3/c1-2-3-17-33-24-12-8-7-11-21(24)22-18-23-26(32)29(15-16-30(23)28-22)14-13-25(31)27-19-20-9-5-4-6-10-20/h4-12,15-16,18H,2-3,13-14,17,19H2,1H3,(H,27,31). The molecule has 0 aliphatic carbocycles. The van der Waals surface area contributed by atoms with E-state index < -0.39 is 0 Å². The third-order valence-corrected chi connectivity index (χ3v) is 5.43. The second-order valence-corrected chi connectivity index (χ2v) is 7.87. The first kappa shape index (κ1) is 22.3. The highest BCUT2D eigenvalue weighted by Gasteiger charge is 2.13. The van der Waals surface area contributed by atoms with E-state index in [4.69, 9.17) is 4.74 Å². The number of nitrogens with one attached hydrogen (secondary N) is 1. The fourth-order valence-electron chi connectivity index (χ4n) is 3.57. The lowest BCUT2D eigenvalue weighted by atomic mass is 10.1. The number of carbonyl (C=O) groups excluding carboxylic acids is 1. The van der Waals surface area contributed by atoms with Gasteiger partial charge in [0.25, 0.3) is 5.56 Å². The molecule has 33 heavy (non-hydrogen) atoms. The molecule has 0 spiro atoms. The van der Waals surface area contributed by atoms with E-state index in [1.54, 1.807) is 27.5 Å². The number of para-hydroxylation sites is 1. The second-order valence-electron chi connectivity index (χ2n) is 7.87. The molecule has 0 aliphatic heterocycles. The van der Waals surface area contributed by atoms with Gasteiger partial charge in [-0.05, 0) is 30.2 Å². The quantitative estimate of drug-likeness (QED) is 0.375. The van der Waals surface area contributed by atoms with Gasteiger partial charge in [0.2, 0.25) is 5.91 Å². The number of carbonyl (C=O) groups is 1. The molecule has 0 fully saturated rings. The number of ether oxygens (including phenoxy) is 1. The fourth-order valence-corrected chi connectivity index (χ4v) is 3.57. The molecular formula is C26H28N4O3. The van der Waals surface area contributed by atoms with Gasteiger partial charge in [-0.25, -0.2) is 4.52 Å². The number of hydrogen-bond donors (Lipinski definition) is 1. The second kappa shape index (κ2) is 10.6. The van der Waals surface area contributed by atoms with E-state index in [0.717, 1.165) is 29.7 Å². The van der Waals surface area contributed by atoms with E-state index in [0.29, 0.717) is 30.9 Å². The molecule has 0 saturated carbocycles. The number of nitrogens with zero attached hydrogens (tertiary/aromatic N) is 3. The van der Waals surface area contributed by atoms with E-state index in [1.165, 1.54) is 0 Å². The van der Waals surface area contributed by atoms with E-state index >= 15 is 0 Å².